The van der Waals surface area contributed by atoms with Crippen LogP contribution in [0.15, 0.2) is 37.1 Å². The van der Waals surface area contributed by atoms with Gasteiger partial charge in [0.15, 0.2) is 0 Å². The van der Waals surface area contributed by atoms with Crippen molar-refractivity contribution in [2.45, 2.75) is 19.9 Å². The van der Waals surface area contributed by atoms with Crippen LogP contribution in [0, 0.1) is 0 Å². The van der Waals surface area contributed by atoms with Crippen molar-refractivity contribution in [3.8, 4) is 11.3 Å². The van der Waals surface area contributed by atoms with E-state index in [4.69, 9.17) is 0 Å². The quantitative estimate of drug-likeness (QED) is 0.738. The first kappa shape index (κ1) is 8.94. The second-order valence-electron chi connectivity index (χ2n) is 3.21. The Morgan fingerprint density at radius 2 is 2.00 bits per heavy atom. The van der Waals surface area contributed by atoms with Crippen molar-refractivity contribution in [1.82, 2.24) is 14.5 Å². The molecule has 3 heteroatoms. The summed E-state index contributed by atoms with van der Waals surface area (Å²) in [7, 11) is 0. The van der Waals surface area contributed by atoms with Crippen LogP contribution < -0.4 is 0 Å². The second kappa shape index (κ2) is 4.05. The zero-order valence-electron chi connectivity index (χ0n) is 8.22. The van der Waals surface area contributed by atoms with E-state index in [0.717, 1.165) is 18.7 Å². The fourth-order valence-electron chi connectivity index (χ4n) is 1.50. The lowest BCUT2D eigenvalue weighted by Gasteiger charge is -2.05. The molecule has 0 aliphatic heterocycles. The van der Waals surface area contributed by atoms with Crippen LogP contribution in [0.4, 0.5) is 0 Å². The number of nitrogens with zero attached hydrogens (tertiary/aromatic N) is 3. The van der Waals surface area contributed by atoms with Crippen LogP contribution in [0.3, 0.4) is 0 Å². The molecule has 0 saturated heterocycles. The van der Waals surface area contributed by atoms with Gasteiger partial charge in [-0.25, -0.2) is 4.98 Å². The van der Waals surface area contributed by atoms with Gasteiger partial charge in [-0.05, 0) is 18.6 Å². The average molecular weight is 187 g/mol. The van der Waals surface area contributed by atoms with E-state index in [1.54, 1.807) is 12.4 Å². The van der Waals surface area contributed by atoms with Crippen molar-refractivity contribution < 1.29 is 0 Å². The molecule has 0 unspecified atom stereocenters. The van der Waals surface area contributed by atoms with E-state index in [1.807, 2.05) is 24.7 Å². The number of aromatic nitrogens is 3. The maximum atomic E-state index is 4.16. The van der Waals surface area contributed by atoms with Crippen molar-refractivity contribution in [3.63, 3.8) is 0 Å². The molecule has 0 radical (unpaired) electrons. The van der Waals surface area contributed by atoms with E-state index in [9.17, 15) is 0 Å². The van der Waals surface area contributed by atoms with Gasteiger partial charge >= 0.3 is 0 Å². The predicted octanol–water partition coefficient (Wildman–Crippen LogP) is 2.36. The first-order valence-electron chi connectivity index (χ1n) is 4.82. The Hall–Kier alpha value is -1.64. The first-order chi connectivity index (χ1) is 6.92. The van der Waals surface area contributed by atoms with E-state index in [2.05, 4.69) is 21.5 Å². The summed E-state index contributed by atoms with van der Waals surface area (Å²) in [4.78, 5) is 8.16. The highest BCUT2D eigenvalue weighted by Gasteiger charge is 2.02. The average Bonchev–Trinajstić information content (AvgIpc) is 2.68. The van der Waals surface area contributed by atoms with Crippen LogP contribution in [0.1, 0.15) is 13.3 Å². The van der Waals surface area contributed by atoms with Crippen LogP contribution in [0.5, 0.6) is 0 Å². The van der Waals surface area contributed by atoms with Crippen molar-refractivity contribution in [1.29, 1.82) is 0 Å². The standard InChI is InChI=1S/C11H13N3/c1-2-7-14-9-13-8-11(14)10-3-5-12-6-4-10/h3-6,8-9H,2,7H2,1H3. The number of imidazole rings is 1. The molecule has 2 rings (SSSR count). The third-order valence-corrected chi connectivity index (χ3v) is 2.15. The van der Waals surface area contributed by atoms with Gasteiger partial charge in [-0.15, -0.1) is 0 Å². The van der Waals surface area contributed by atoms with Gasteiger partial charge in [0.05, 0.1) is 18.2 Å². The summed E-state index contributed by atoms with van der Waals surface area (Å²) in [6.07, 6.45) is 8.50. The summed E-state index contributed by atoms with van der Waals surface area (Å²) in [5.41, 5.74) is 2.33. The topological polar surface area (TPSA) is 30.7 Å². The molecule has 0 spiro atoms. The van der Waals surface area contributed by atoms with Gasteiger partial charge in [0.1, 0.15) is 0 Å². The molecular formula is C11H13N3. The van der Waals surface area contributed by atoms with Crippen LogP contribution in [-0.2, 0) is 6.54 Å². The van der Waals surface area contributed by atoms with E-state index in [1.165, 1.54) is 5.56 Å². The molecule has 0 bridgehead atoms. The van der Waals surface area contributed by atoms with Gasteiger partial charge < -0.3 is 4.57 Å². The monoisotopic (exact) mass is 187 g/mol. The Morgan fingerprint density at radius 3 is 2.71 bits per heavy atom. The molecule has 0 saturated carbocycles. The fraction of sp³-hybridized carbons (Fsp3) is 0.273. The van der Waals surface area contributed by atoms with E-state index >= 15 is 0 Å². The summed E-state index contributed by atoms with van der Waals surface area (Å²) in [6, 6.07) is 4.01. The van der Waals surface area contributed by atoms with Gasteiger partial charge in [0, 0.05) is 24.5 Å². The normalized spacial score (nSPS) is 10.4. The molecule has 0 aliphatic rings. The zero-order chi connectivity index (χ0) is 9.80. The number of hydrogen-bond acceptors (Lipinski definition) is 2. The van der Waals surface area contributed by atoms with Gasteiger partial charge in [-0.2, -0.15) is 0 Å². The zero-order valence-corrected chi connectivity index (χ0v) is 8.22. The Labute approximate surface area is 83.4 Å². The Balaban J connectivity index is 2.37. The maximum absolute atomic E-state index is 4.16. The second-order valence-corrected chi connectivity index (χ2v) is 3.21. The lowest BCUT2D eigenvalue weighted by atomic mass is 10.2. The van der Waals surface area contributed by atoms with E-state index < -0.39 is 0 Å². The SMILES string of the molecule is CCCn1cncc1-c1ccncc1. The largest absolute Gasteiger partial charge is 0.331 e. The maximum Gasteiger partial charge on any atom is 0.0950 e. The summed E-state index contributed by atoms with van der Waals surface area (Å²) >= 11 is 0. The van der Waals surface area contributed by atoms with Crippen LogP contribution in [0.25, 0.3) is 11.3 Å². The van der Waals surface area contributed by atoms with Crippen molar-refractivity contribution in [3.05, 3.63) is 37.1 Å². The Kier molecular flexibility index (Phi) is 2.58. The number of hydrogen-bond donors (Lipinski definition) is 0. The highest BCUT2D eigenvalue weighted by atomic mass is 15.0. The van der Waals surface area contributed by atoms with Crippen LogP contribution >= 0.6 is 0 Å². The minimum Gasteiger partial charge on any atom is -0.331 e. The smallest absolute Gasteiger partial charge is 0.0950 e. The highest BCUT2D eigenvalue weighted by molar-refractivity contribution is 5.57. The van der Waals surface area contributed by atoms with E-state index in [-0.39, 0.29) is 0 Å². The molecule has 0 N–H and O–H groups in total. The number of aryl methyl sites for hydroxylation is 1. The van der Waals surface area contributed by atoms with Gasteiger partial charge in [0.25, 0.3) is 0 Å². The molecule has 0 aliphatic carbocycles. The summed E-state index contributed by atoms with van der Waals surface area (Å²) in [5.74, 6) is 0. The molecule has 0 aromatic carbocycles. The lowest BCUT2D eigenvalue weighted by Crippen LogP contribution is -1.96. The molecule has 2 heterocycles. The molecule has 2 aromatic heterocycles. The molecule has 2 aromatic rings. The summed E-state index contributed by atoms with van der Waals surface area (Å²) in [6.45, 7) is 3.17. The van der Waals surface area contributed by atoms with Crippen molar-refractivity contribution >= 4 is 0 Å². The molecular weight excluding hydrogens is 174 g/mol. The highest BCUT2D eigenvalue weighted by Crippen LogP contribution is 2.17. The van der Waals surface area contributed by atoms with E-state index in [0.29, 0.717) is 0 Å². The summed E-state index contributed by atoms with van der Waals surface area (Å²) < 4.78 is 2.16. The fourth-order valence-corrected chi connectivity index (χ4v) is 1.50. The van der Waals surface area contributed by atoms with Gasteiger partial charge in [-0.1, -0.05) is 6.92 Å². The Bertz CT molecular complexity index is 392. The molecule has 3 nitrogen and oxygen atoms in total. The molecule has 0 fully saturated rings. The predicted molar refractivity (Wildman–Crippen MR) is 55.7 cm³/mol. The number of pyridine rings is 1. The summed E-state index contributed by atoms with van der Waals surface area (Å²) in [5, 5.41) is 0. The minimum atomic E-state index is 1.01. The van der Waals surface area contributed by atoms with Gasteiger partial charge in [-0.3, -0.25) is 4.98 Å². The molecule has 72 valence electrons. The molecule has 0 amide bonds. The third kappa shape index (κ3) is 1.66. The molecule has 14 heavy (non-hydrogen) atoms. The lowest BCUT2D eigenvalue weighted by molar-refractivity contribution is 0.684. The van der Waals surface area contributed by atoms with Crippen molar-refractivity contribution in [2.24, 2.45) is 0 Å². The third-order valence-electron chi connectivity index (χ3n) is 2.15. The Morgan fingerprint density at radius 1 is 1.21 bits per heavy atom. The first-order valence-corrected chi connectivity index (χ1v) is 4.82. The minimum absolute atomic E-state index is 1.01. The molecule has 0 atom stereocenters. The van der Waals surface area contributed by atoms with Gasteiger partial charge in [0.2, 0.25) is 0 Å². The van der Waals surface area contributed by atoms with Crippen LogP contribution in [0.2, 0.25) is 0 Å². The van der Waals surface area contributed by atoms with Crippen LogP contribution in [-0.4, -0.2) is 14.5 Å². The van der Waals surface area contributed by atoms with Crippen molar-refractivity contribution in [2.75, 3.05) is 0 Å². The number of rotatable bonds is 3.